The highest BCUT2D eigenvalue weighted by atomic mass is 32.2. The van der Waals surface area contributed by atoms with Crippen LogP contribution in [0.4, 0.5) is 5.69 Å². The molecule has 3 N–H and O–H groups in total. The summed E-state index contributed by atoms with van der Waals surface area (Å²) in [6, 6.07) is 8.36. The molecule has 0 saturated heterocycles. The van der Waals surface area contributed by atoms with Gasteiger partial charge >= 0.3 is 0 Å². The van der Waals surface area contributed by atoms with Crippen molar-refractivity contribution in [1.29, 1.82) is 0 Å². The number of aryl methyl sites for hydroxylation is 2. The summed E-state index contributed by atoms with van der Waals surface area (Å²) in [4.78, 5) is 4.37. The predicted octanol–water partition coefficient (Wildman–Crippen LogP) is 1.76. The number of anilines is 1. The SMILES string of the molecule is Cc1cc(S(=O)(=O)NCc2ncccc2C)ccc1N. The average Bonchev–Trinajstić information content (AvgIpc) is 2.41. The van der Waals surface area contributed by atoms with Crippen molar-refractivity contribution in [2.75, 3.05) is 5.73 Å². The van der Waals surface area contributed by atoms with Gasteiger partial charge in [-0.15, -0.1) is 0 Å². The van der Waals surface area contributed by atoms with Gasteiger partial charge in [0.15, 0.2) is 0 Å². The van der Waals surface area contributed by atoms with Crippen molar-refractivity contribution in [2.45, 2.75) is 25.3 Å². The van der Waals surface area contributed by atoms with E-state index in [4.69, 9.17) is 5.73 Å². The number of aromatic nitrogens is 1. The normalized spacial score (nSPS) is 11.5. The molecule has 0 saturated carbocycles. The van der Waals surface area contributed by atoms with E-state index in [0.717, 1.165) is 11.1 Å². The Labute approximate surface area is 118 Å². The van der Waals surface area contributed by atoms with Gasteiger partial charge in [-0.05, 0) is 49.2 Å². The molecule has 0 aliphatic heterocycles. The quantitative estimate of drug-likeness (QED) is 0.841. The summed E-state index contributed by atoms with van der Waals surface area (Å²) in [7, 11) is -3.56. The number of hydrogen-bond acceptors (Lipinski definition) is 4. The van der Waals surface area contributed by atoms with Gasteiger partial charge in [0, 0.05) is 11.9 Å². The number of nitrogens with zero attached hydrogens (tertiary/aromatic N) is 1. The lowest BCUT2D eigenvalue weighted by molar-refractivity contribution is 0.580. The molecule has 0 spiro atoms. The number of nitrogens with two attached hydrogens (primary N) is 1. The van der Waals surface area contributed by atoms with E-state index in [0.29, 0.717) is 11.4 Å². The second-order valence-corrected chi connectivity index (χ2v) is 6.38. The highest BCUT2D eigenvalue weighted by Crippen LogP contribution is 2.17. The molecule has 0 fully saturated rings. The van der Waals surface area contributed by atoms with Crippen LogP contribution in [-0.4, -0.2) is 13.4 Å². The van der Waals surface area contributed by atoms with E-state index in [1.165, 1.54) is 6.07 Å². The zero-order chi connectivity index (χ0) is 14.8. The monoisotopic (exact) mass is 291 g/mol. The second kappa shape index (κ2) is 5.60. The van der Waals surface area contributed by atoms with Crippen molar-refractivity contribution in [3.05, 3.63) is 53.3 Å². The smallest absolute Gasteiger partial charge is 0.240 e. The molecule has 106 valence electrons. The van der Waals surface area contributed by atoms with Gasteiger partial charge in [0.25, 0.3) is 0 Å². The minimum absolute atomic E-state index is 0.165. The van der Waals surface area contributed by atoms with Crippen LogP contribution in [0, 0.1) is 13.8 Å². The van der Waals surface area contributed by atoms with Crippen molar-refractivity contribution in [3.63, 3.8) is 0 Å². The molecule has 1 heterocycles. The molecule has 0 bridgehead atoms. The van der Waals surface area contributed by atoms with Crippen LogP contribution in [0.3, 0.4) is 0 Å². The first-order valence-corrected chi connectivity index (χ1v) is 7.65. The summed E-state index contributed by atoms with van der Waals surface area (Å²) < 4.78 is 26.9. The summed E-state index contributed by atoms with van der Waals surface area (Å²) in [6.07, 6.45) is 1.64. The van der Waals surface area contributed by atoms with Crippen LogP contribution >= 0.6 is 0 Å². The Balaban J connectivity index is 2.19. The Morgan fingerprint density at radius 3 is 2.60 bits per heavy atom. The molecule has 2 rings (SSSR count). The Morgan fingerprint density at radius 1 is 1.20 bits per heavy atom. The van der Waals surface area contributed by atoms with Crippen LogP contribution in [0.5, 0.6) is 0 Å². The minimum atomic E-state index is -3.56. The van der Waals surface area contributed by atoms with Crippen molar-refractivity contribution < 1.29 is 8.42 Å². The second-order valence-electron chi connectivity index (χ2n) is 4.61. The van der Waals surface area contributed by atoms with E-state index in [1.807, 2.05) is 19.1 Å². The van der Waals surface area contributed by atoms with Gasteiger partial charge < -0.3 is 5.73 Å². The first-order valence-electron chi connectivity index (χ1n) is 6.16. The van der Waals surface area contributed by atoms with Crippen molar-refractivity contribution in [2.24, 2.45) is 0 Å². The molecular weight excluding hydrogens is 274 g/mol. The molecular formula is C14H17N3O2S. The van der Waals surface area contributed by atoms with Crippen molar-refractivity contribution >= 4 is 15.7 Å². The fourth-order valence-electron chi connectivity index (χ4n) is 1.77. The number of sulfonamides is 1. The number of nitrogens with one attached hydrogen (secondary N) is 1. The first-order chi connectivity index (χ1) is 9.40. The largest absolute Gasteiger partial charge is 0.399 e. The molecule has 0 aliphatic carbocycles. The highest BCUT2D eigenvalue weighted by molar-refractivity contribution is 7.89. The van der Waals surface area contributed by atoms with E-state index in [2.05, 4.69) is 9.71 Å². The average molecular weight is 291 g/mol. The lowest BCUT2D eigenvalue weighted by atomic mass is 10.2. The number of benzene rings is 1. The molecule has 0 atom stereocenters. The van der Waals surface area contributed by atoms with Gasteiger partial charge in [0.1, 0.15) is 0 Å². The van der Waals surface area contributed by atoms with Crippen LogP contribution < -0.4 is 10.5 Å². The van der Waals surface area contributed by atoms with E-state index in [1.54, 1.807) is 25.3 Å². The van der Waals surface area contributed by atoms with Crippen LogP contribution in [0.2, 0.25) is 0 Å². The van der Waals surface area contributed by atoms with E-state index in [9.17, 15) is 8.42 Å². The van der Waals surface area contributed by atoms with Gasteiger partial charge in [-0.25, -0.2) is 13.1 Å². The maximum atomic E-state index is 12.2. The topological polar surface area (TPSA) is 85.1 Å². The van der Waals surface area contributed by atoms with Crippen molar-refractivity contribution in [1.82, 2.24) is 9.71 Å². The molecule has 0 amide bonds. The van der Waals surface area contributed by atoms with Gasteiger partial charge in [-0.1, -0.05) is 6.07 Å². The number of rotatable bonds is 4. The Bertz CT molecular complexity index is 727. The predicted molar refractivity (Wildman–Crippen MR) is 78.6 cm³/mol. The van der Waals surface area contributed by atoms with E-state index < -0.39 is 10.0 Å². The Morgan fingerprint density at radius 2 is 1.95 bits per heavy atom. The third-order valence-corrected chi connectivity index (χ3v) is 4.50. The summed E-state index contributed by atoms with van der Waals surface area (Å²) in [6.45, 7) is 3.83. The zero-order valence-corrected chi connectivity index (χ0v) is 12.2. The van der Waals surface area contributed by atoms with Crippen LogP contribution in [0.25, 0.3) is 0 Å². The highest BCUT2D eigenvalue weighted by Gasteiger charge is 2.15. The first kappa shape index (κ1) is 14.5. The Kier molecular flexibility index (Phi) is 4.06. The van der Waals surface area contributed by atoms with Crippen LogP contribution in [0.15, 0.2) is 41.4 Å². The molecule has 20 heavy (non-hydrogen) atoms. The van der Waals surface area contributed by atoms with Crippen LogP contribution in [0.1, 0.15) is 16.8 Å². The number of hydrogen-bond donors (Lipinski definition) is 2. The fourth-order valence-corrected chi connectivity index (χ4v) is 2.84. The lowest BCUT2D eigenvalue weighted by Gasteiger charge is -2.09. The third-order valence-electron chi connectivity index (χ3n) is 3.10. The standard InChI is InChI=1S/C14H17N3O2S/c1-10-4-3-7-16-14(10)9-17-20(18,19)12-5-6-13(15)11(2)8-12/h3-8,17H,9,15H2,1-2H3. The molecule has 0 unspecified atom stereocenters. The minimum Gasteiger partial charge on any atom is -0.399 e. The zero-order valence-electron chi connectivity index (χ0n) is 11.4. The lowest BCUT2D eigenvalue weighted by Crippen LogP contribution is -2.24. The van der Waals surface area contributed by atoms with E-state index >= 15 is 0 Å². The summed E-state index contributed by atoms with van der Waals surface area (Å²) in [5.41, 5.74) is 8.66. The van der Waals surface area contributed by atoms with Crippen molar-refractivity contribution in [3.8, 4) is 0 Å². The number of nitrogen functional groups attached to an aromatic ring is 1. The van der Waals surface area contributed by atoms with Crippen LogP contribution in [-0.2, 0) is 16.6 Å². The maximum Gasteiger partial charge on any atom is 0.240 e. The fraction of sp³-hybridized carbons (Fsp3) is 0.214. The van der Waals surface area contributed by atoms with E-state index in [-0.39, 0.29) is 11.4 Å². The summed E-state index contributed by atoms with van der Waals surface area (Å²) in [5, 5.41) is 0. The van der Waals surface area contributed by atoms with Gasteiger partial charge in [-0.3, -0.25) is 4.98 Å². The molecule has 1 aromatic carbocycles. The molecule has 0 radical (unpaired) electrons. The molecule has 2 aromatic rings. The number of pyridine rings is 1. The molecule has 1 aromatic heterocycles. The van der Waals surface area contributed by atoms with Gasteiger partial charge in [0.2, 0.25) is 10.0 Å². The molecule has 5 nitrogen and oxygen atoms in total. The summed E-state index contributed by atoms with van der Waals surface area (Å²) in [5.74, 6) is 0. The molecule has 6 heteroatoms. The van der Waals surface area contributed by atoms with Gasteiger partial charge in [0.05, 0.1) is 17.1 Å². The Hall–Kier alpha value is -1.92. The third kappa shape index (κ3) is 3.15. The maximum absolute atomic E-state index is 12.2. The van der Waals surface area contributed by atoms with Gasteiger partial charge in [-0.2, -0.15) is 0 Å². The summed E-state index contributed by atoms with van der Waals surface area (Å²) >= 11 is 0. The molecule has 0 aliphatic rings.